The first kappa shape index (κ1) is 28.1. The molecule has 0 fully saturated rings. The molecule has 0 nitrogen and oxygen atoms in total. The number of hydrogen-bond acceptors (Lipinski definition) is 0. The van der Waals surface area contributed by atoms with E-state index in [0.29, 0.717) is 0 Å². The second kappa shape index (κ2) is 10.5. The van der Waals surface area contributed by atoms with Gasteiger partial charge in [-0.05, 0) is 117 Å². The number of fused-ring (bicyclic) bond motifs is 9. The fraction of sp³-hybridized carbons (Fsp3) is 0.0612. The standard InChI is InChI=1S/C49H34/c1-49(2)45-25-12-11-24-42(45)48-40-23-10-8-21-38(40)43(30-46(48)49)33-17-13-16-32(28-33)36-19-7-9-22-39(36)47-37-20-6-4-15-34(37)29-44-35-18-5-3-14-31(35)26-27-41(44)47/h3-30H,1-2H3. The molecule has 1 aliphatic carbocycles. The van der Waals surface area contributed by atoms with Gasteiger partial charge in [-0.25, -0.2) is 0 Å². The fourth-order valence-corrected chi connectivity index (χ4v) is 8.71. The maximum absolute atomic E-state index is 2.48. The minimum atomic E-state index is -0.0749. The summed E-state index contributed by atoms with van der Waals surface area (Å²) < 4.78 is 0. The Balaban J connectivity index is 1.21. The molecular weight excluding hydrogens is 589 g/mol. The third-order valence-corrected chi connectivity index (χ3v) is 11.0. The van der Waals surface area contributed by atoms with Crippen LogP contribution in [0.15, 0.2) is 170 Å². The summed E-state index contributed by atoms with van der Waals surface area (Å²) in [6.07, 6.45) is 0. The van der Waals surface area contributed by atoms with Crippen LogP contribution in [-0.4, -0.2) is 0 Å². The van der Waals surface area contributed by atoms with Crippen molar-refractivity contribution in [1.82, 2.24) is 0 Å². The first-order valence-electron chi connectivity index (χ1n) is 17.3. The maximum Gasteiger partial charge on any atom is 0.0159 e. The second-order valence-electron chi connectivity index (χ2n) is 14.0. The minimum absolute atomic E-state index is 0.0749. The molecule has 0 heteroatoms. The average Bonchev–Trinajstić information content (AvgIpc) is 3.39. The molecule has 10 rings (SSSR count). The number of hydrogen-bond donors (Lipinski definition) is 0. The number of rotatable bonds is 3. The summed E-state index contributed by atoms with van der Waals surface area (Å²) in [4.78, 5) is 0. The van der Waals surface area contributed by atoms with E-state index in [9.17, 15) is 0 Å². The van der Waals surface area contributed by atoms with Crippen LogP contribution in [0.2, 0.25) is 0 Å². The van der Waals surface area contributed by atoms with E-state index in [2.05, 4.69) is 184 Å². The van der Waals surface area contributed by atoms with Crippen LogP contribution >= 0.6 is 0 Å². The van der Waals surface area contributed by atoms with Crippen molar-refractivity contribution in [2.75, 3.05) is 0 Å². The highest BCUT2D eigenvalue weighted by molar-refractivity contribution is 6.21. The third-order valence-electron chi connectivity index (χ3n) is 11.0. The molecule has 0 saturated carbocycles. The van der Waals surface area contributed by atoms with Crippen molar-refractivity contribution >= 4 is 43.1 Å². The Morgan fingerprint density at radius 3 is 1.71 bits per heavy atom. The molecule has 230 valence electrons. The van der Waals surface area contributed by atoms with Gasteiger partial charge >= 0.3 is 0 Å². The summed E-state index contributed by atoms with van der Waals surface area (Å²) in [5.41, 5.74) is 13.0. The van der Waals surface area contributed by atoms with Crippen molar-refractivity contribution in [3.8, 4) is 44.5 Å². The molecule has 0 bridgehead atoms. The van der Waals surface area contributed by atoms with Crippen LogP contribution in [0.25, 0.3) is 87.6 Å². The summed E-state index contributed by atoms with van der Waals surface area (Å²) in [6, 6.07) is 63.2. The zero-order valence-electron chi connectivity index (χ0n) is 27.7. The third kappa shape index (κ3) is 4.11. The van der Waals surface area contributed by atoms with Crippen LogP contribution in [0.5, 0.6) is 0 Å². The van der Waals surface area contributed by atoms with Crippen molar-refractivity contribution in [2.24, 2.45) is 0 Å². The Kier molecular flexibility index (Phi) is 6.02. The molecule has 0 radical (unpaired) electrons. The van der Waals surface area contributed by atoms with Crippen molar-refractivity contribution in [1.29, 1.82) is 0 Å². The van der Waals surface area contributed by atoms with Gasteiger partial charge in [-0.15, -0.1) is 0 Å². The average molecular weight is 623 g/mol. The minimum Gasteiger partial charge on any atom is -0.0619 e. The van der Waals surface area contributed by atoms with E-state index in [1.165, 1.54) is 98.7 Å². The topological polar surface area (TPSA) is 0 Å². The molecular formula is C49H34. The van der Waals surface area contributed by atoms with Gasteiger partial charge in [-0.3, -0.25) is 0 Å². The van der Waals surface area contributed by atoms with Crippen molar-refractivity contribution in [3.63, 3.8) is 0 Å². The quantitative estimate of drug-likeness (QED) is 0.136. The van der Waals surface area contributed by atoms with Gasteiger partial charge in [0.1, 0.15) is 0 Å². The molecule has 0 aliphatic heterocycles. The zero-order valence-corrected chi connectivity index (χ0v) is 27.7. The van der Waals surface area contributed by atoms with Crippen LogP contribution in [-0.2, 0) is 5.41 Å². The lowest BCUT2D eigenvalue weighted by molar-refractivity contribution is 0.661. The molecule has 9 aromatic carbocycles. The van der Waals surface area contributed by atoms with E-state index >= 15 is 0 Å². The monoisotopic (exact) mass is 622 g/mol. The normalized spacial score (nSPS) is 13.3. The Morgan fingerprint density at radius 2 is 0.898 bits per heavy atom. The Hall–Kier alpha value is -5.98. The van der Waals surface area contributed by atoms with Crippen molar-refractivity contribution < 1.29 is 0 Å². The van der Waals surface area contributed by atoms with Gasteiger partial charge in [0.25, 0.3) is 0 Å². The van der Waals surface area contributed by atoms with Gasteiger partial charge in [0.05, 0.1) is 0 Å². The summed E-state index contributed by atoms with van der Waals surface area (Å²) in [5.74, 6) is 0. The van der Waals surface area contributed by atoms with Gasteiger partial charge in [0, 0.05) is 5.41 Å². The van der Waals surface area contributed by atoms with E-state index in [4.69, 9.17) is 0 Å². The lowest BCUT2D eigenvalue weighted by atomic mass is 9.80. The molecule has 49 heavy (non-hydrogen) atoms. The molecule has 0 aromatic heterocycles. The van der Waals surface area contributed by atoms with Gasteiger partial charge in [-0.2, -0.15) is 0 Å². The predicted molar refractivity (Wildman–Crippen MR) is 210 cm³/mol. The van der Waals surface area contributed by atoms with E-state index in [0.717, 1.165) is 0 Å². The summed E-state index contributed by atoms with van der Waals surface area (Å²) >= 11 is 0. The Bertz CT molecular complexity index is 2800. The molecule has 0 atom stereocenters. The van der Waals surface area contributed by atoms with Crippen LogP contribution in [0.3, 0.4) is 0 Å². The first-order valence-corrected chi connectivity index (χ1v) is 17.3. The molecule has 1 aliphatic rings. The van der Waals surface area contributed by atoms with Crippen LogP contribution < -0.4 is 0 Å². The van der Waals surface area contributed by atoms with E-state index in [1.54, 1.807) is 0 Å². The van der Waals surface area contributed by atoms with E-state index in [1.807, 2.05) is 0 Å². The first-order chi connectivity index (χ1) is 24.1. The van der Waals surface area contributed by atoms with E-state index < -0.39 is 0 Å². The predicted octanol–water partition coefficient (Wildman–Crippen LogP) is 13.6. The second-order valence-corrected chi connectivity index (χ2v) is 14.0. The Morgan fingerprint density at radius 1 is 0.306 bits per heavy atom. The van der Waals surface area contributed by atoms with Crippen molar-refractivity contribution in [2.45, 2.75) is 19.3 Å². The van der Waals surface area contributed by atoms with Crippen LogP contribution in [0.1, 0.15) is 25.0 Å². The zero-order chi connectivity index (χ0) is 32.7. The van der Waals surface area contributed by atoms with Gasteiger partial charge < -0.3 is 0 Å². The lowest BCUT2D eigenvalue weighted by Crippen LogP contribution is -2.15. The molecule has 9 aromatic rings. The highest BCUT2D eigenvalue weighted by Gasteiger charge is 2.37. The highest BCUT2D eigenvalue weighted by atomic mass is 14.4. The molecule has 0 unspecified atom stereocenters. The van der Waals surface area contributed by atoms with E-state index in [-0.39, 0.29) is 5.41 Å². The Labute approximate surface area is 286 Å². The van der Waals surface area contributed by atoms with Gasteiger partial charge in [-0.1, -0.05) is 166 Å². The van der Waals surface area contributed by atoms with Crippen molar-refractivity contribution in [3.05, 3.63) is 181 Å². The smallest absolute Gasteiger partial charge is 0.0159 e. The largest absolute Gasteiger partial charge is 0.0619 e. The fourth-order valence-electron chi connectivity index (χ4n) is 8.71. The van der Waals surface area contributed by atoms with Gasteiger partial charge in [0.2, 0.25) is 0 Å². The summed E-state index contributed by atoms with van der Waals surface area (Å²) in [5, 5.41) is 10.3. The highest BCUT2D eigenvalue weighted by Crippen LogP contribution is 2.53. The SMILES string of the molecule is CC1(C)c2ccccc2-c2c1cc(-c1cccc(-c3ccccc3-c3c4ccccc4cc4c3ccc3ccccc34)c1)c1ccccc21. The molecule has 0 spiro atoms. The summed E-state index contributed by atoms with van der Waals surface area (Å²) in [7, 11) is 0. The molecule has 0 saturated heterocycles. The molecule has 0 amide bonds. The summed E-state index contributed by atoms with van der Waals surface area (Å²) in [6.45, 7) is 4.75. The van der Waals surface area contributed by atoms with Crippen LogP contribution in [0.4, 0.5) is 0 Å². The number of benzene rings is 9. The molecule has 0 N–H and O–H groups in total. The molecule has 0 heterocycles. The maximum atomic E-state index is 2.48. The van der Waals surface area contributed by atoms with Crippen LogP contribution in [0, 0.1) is 0 Å². The lowest BCUT2D eigenvalue weighted by Gasteiger charge is -2.23. The van der Waals surface area contributed by atoms with Gasteiger partial charge in [0.15, 0.2) is 0 Å².